The lowest BCUT2D eigenvalue weighted by molar-refractivity contribution is 0.193. The number of nitrogens with zero attached hydrogens (tertiary/aromatic N) is 3. The van der Waals surface area contributed by atoms with Gasteiger partial charge in [-0.15, -0.1) is 0 Å². The van der Waals surface area contributed by atoms with Crippen LogP contribution in [-0.2, 0) is 0 Å². The number of aryl methyl sites for hydroxylation is 2. The fourth-order valence-corrected chi connectivity index (χ4v) is 1.87. The van der Waals surface area contributed by atoms with E-state index in [2.05, 4.69) is 10.1 Å². The van der Waals surface area contributed by atoms with Crippen molar-refractivity contribution in [2.75, 3.05) is 0 Å². The van der Waals surface area contributed by atoms with Gasteiger partial charge in [-0.05, 0) is 32.9 Å². The van der Waals surface area contributed by atoms with Gasteiger partial charge in [0.1, 0.15) is 17.5 Å². The fraction of sp³-hybridized carbons (Fsp3) is 0.333. The van der Waals surface area contributed by atoms with Crippen molar-refractivity contribution in [2.45, 2.75) is 26.9 Å². The van der Waals surface area contributed by atoms with Crippen molar-refractivity contribution in [1.29, 1.82) is 0 Å². The van der Waals surface area contributed by atoms with Crippen LogP contribution in [0.3, 0.4) is 0 Å². The monoisotopic (exact) mass is 235 g/mol. The number of hydrogen-bond donors (Lipinski definition) is 1. The minimum atomic E-state index is -0.893. The van der Waals surface area contributed by atoms with Gasteiger partial charge in [-0.25, -0.2) is 14.1 Å². The summed E-state index contributed by atoms with van der Waals surface area (Å²) < 4.78 is 15.2. The van der Waals surface area contributed by atoms with E-state index in [0.29, 0.717) is 17.3 Å². The second-order valence-corrected chi connectivity index (χ2v) is 3.97. The predicted molar refractivity (Wildman–Crippen MR) is 61.4 cm³/mol. The van der Waals surface area contributed by atoms with Crippen LogP contribution >= 0.6 is 0 Å². The molecule has 2 rings (SSSR count). The average Bonchev–Trinajstić information content (AvgIpc) is 2.56. The molecule has 1 aromatic carbocycles. The van der Waals surface area contributed by atoms with Crippen LogP contribution in [0.5, 0.6) is 0 Å². The molecule has 0 amide bonds. The number of hydrogen-bond acceptors (Lipinski definition) is 3. The van der Waals surface area contributed by atoms with Gasteiger partial charge in [-0.3, -0.25) is 0 Å². The molecule has 0 aliphatic heterocycles. The molecule has 0 saturated heterocycles. The highest BCUT2D eigenvalue weighted by Gasteiger charge is 2.17. The van der Waals surface area contributed by atoms with E-state index in [-0.39, 0.29) is 5.56 Å². The molecule has 1 aromatic heterocycles. The van der Waals surface area contributed by atoms with Gasteiger partial charge in [0, 0.05) is 5.56 Å². The minimum Gasteiger partial charge on any atom is -0.389 e. The Hall–Kier alpha value is -1.75. The first-order chi connectivity index (χ1) is 8.00. The number of aliphatic hydroxyl groups excluding tert-OH is 1. The molecule has 17 heavy (non-hydrogen) atoms. The Morgan fingerprint density at radius 2 is 2.06 bits per heavy atom. The molecule has 2 aromatic rings. The molecule has 1 atom stereocenters. The van der Waals surface area contributed by atoms with E-state index in [1.165, 1.54) is 13.0 Å². The lowest BCUT2D eigenvalue weighted by Gasteiger charge is -2.13. The number of aliphatic hydroxyl groups is 1. The number of rotatable bonds is 2. The Balaban J connectivity index is 2.67. The van der Waals surface area contributed by atoms with Crippen LogP contribution < -0.4 is 0 Å². The summed E-state index contributed by atoms with van der Waals surface area (Å²) >= 11 is 0. The average molecular weight is 235 g/mol. The van der Waals surface area contributed by atoms with Gasteiger partial charge < -0.3 is 5.11 Å². The van der Waals surface area contributed by atoms with Crippen LogP contribution in [0, 0.1) is 19.7 Å². The lowest BCUT2D eigenvalue weighted by Crippen LogP contribution is -2.08. The number of benzene rings is 1. The molecule has 0 aliphatic rings. The van der Waals surface area contributed by atoms with Crippen molar-refractivity contribution in [3.8, 4) is 5.69 Å². The highest BCUT2D eigenvalue weighted by atomic mass is 19.1. The first-order valence-electron chi connectivity index (χ1n) is 5.38. The van der Waals surface area contributed by atoms with Crippen molar-refractivity contribution in [3.63, 3.8) is 0 Å². The highest BCUT2D eigenvalue weighted by molar-refractivity contribution is 5.43. The summed E-state index contributed by atoms with van der Waals surface area (Å²) in [5.74, 6) is 0.836. The third-order valence-corrected chi connectivity index (χ3v) is 2.55. The maximum Gasteiger partial charge on any atom is 0.148 e. The van der Waals surface area contributed by atoms with Crippen molar-refractivity contribution in [3.05, 3.63) is 41.2 Å². The fourth-order valence-electron chi connectivity index (χ4n) is 1.87. The molecule has 0 spiro atoms. The van der Waals surface area contributed by atoms with Crippen molar-refractivity contribution in [1.82, 2.24) is 14.8 Å². The minimum absolute atomic E-state index is 0.237. The summed E-state index contributed by atoms with van der Waals surface area (Å²) in [5.41, 5.74) is 0.763. The van der Waals surface area contributed by atoms with E-state index >= 15 is 0 Å². The number of halogens is 1. The molecule has 4 nitrogen and oxygen atoms in total. The molecule has 0 aliphatic carbocycles. The zero-order chi connectivity index (χ0) is 12.6. The SMILES string of the molecule is Cc1nc(C)n(-c2cccc(F)c2C(C)O)n1. The predicted octanol–water partition coefficient (Wildman–Crippen LogP) is 2.08. The molecule has 0 fully saturated rings. The maximum absolute atomic E-state index is 13.7. The smallest absolute Gasteiger partial charge is 0.148 e. The van der Waals surface area contributed by atoms with Crippen LogP contribution in [0.1, 0.15) is 30.2 Å². The van der Waals surface area contributed by atoms with Crippen LogP contribution in [0.15, 0.2) is 18.2 Å². The summed E-state index contributed by atoms with van der Waals surface area (Å²) in [6.45, 7) is 5.09. The van der Waals surface area contributed by atoms with Gasteiger partial charge in [-0.1, -0.05) is 6.07 Å². The van der Waals surface area contributed by atoms with Gasteiger partial charge in [0.25, 0.3) is 0 Å². The molecule has 1 N–H and O–H groups in total. The standard InChI is InChI=1S/C12H14FN3O/c1-7(17)12-10(13)5-4-6-11(12)16-9(3)14-8(2)15-16/h4-7,17H,1-3H3. The quantitative estimate of drug-likeness (QED) is 0.867. The van der Waals surface area contributed by atoms with Gasteiger partial charge in [0.2, 0.25) is 0 Å². The second kappa shape index (κ2) is 4.25. The van der Waals surface area contributed by atoms with Crippen molar-refractivity contribution >= 4 is 0 Å². The van der Waals surface area contributed by atoms with Crippen molar-refractivity contribution < 1.29 is 9.50 Å². The van der Waals surface area contributed by atoms with Gasteiger partial charge in [0.05, 0.1) is 11.8 Å². The molecular formula is C12H14FN3O. The van der Waals surface area contributed by atoms with Crippen LogP contribution in [0.25, 0.3) is 5.69 Å². The van der Waals surface area contributed by atoms with E-state index in [9.17, 15) is 9.50 Å². The first-order valence-corrected chi connectivity index (χ1v) is 5.38. The molecular weight excluding hydrogens is 221 g/mol. The number of aromatic nitrogens is 3. The van der Waals surface area contributed by atoms with Gasteiger partial charge >= 0.3 is 0 Å². The maximum atomic E-state index is 13.7. The van der Waals surface area contributed by atoms with Crippen LogP contribution in [-0.4, -0.2) is 19.9 Å². The summed E-state index contributed by atoms with van der Waals surface area (Å²) in [6, 6.07) is 4.63. The van der Waals surface area contributed by atoms with Crippen LogP contribution in [0.2, 0.25) is 0 Å². The van der Waals surface area contributed by atoms with Gasteiger partial charge in [0.15, 0.2) is 0 Å². The molecule has 90 valence electrons. The van der Waals surface area contributed by atoms with Crippen LogP contribution in [0.4, 0.5) is 4.39 Å². The lowest BCUT2D eigenvalue weighted by atomic mass is 10.1. The third-order valence-electron chi connectivity index (χ3n) is 2.55. The molecule has 1 heterocycles. The highest BCUT2D eigenvalue weighted by Crippen LogP contribution is 2.24. The Labute approximate surface area is 98.7 Å². The van der Waals surface area contributed by atoms with E-state index in [1.54, 1.807) is 30.7 Å². The Kier molecular flexibility index (Phi) is 2.93. The topological polar surface area (TPSA) is 50.9 Å². The molecule has 1 unspecified atom stereocenters. The van der Waals surface area contributed by atoms with E-state index in [4.69, 9.17) is 0 Å². The summed E-state index contributed by atoms with van der Waals surface area (Å²) in [5, 5.41) is 13.8. The third kappa shape index (κ3) is 2.06. The molecule has 0 bridgehead atoms. The first kappa shape index (κ1) is 11.7. The second-order valence-electron chi connectivity index (χ2n) is 3.97. The van der Waals surface area contributed by atoms with E-state index in [0.717, 1.165) is 0 Å². The van der Waals surface area contributed by atoms with E-state index < -0.39 is 11.9 Å². The van der Waals surface area contributed by atoms with E-state index in [1.807, 2.05) is 0 Å². The summed E-state index contributed by atoms with van der Waals surface area (Å²) in [4.78, 5) is 4.17. The Morgan fingerprint density at radius 3 is 2.59 bits per heavy atom. The van der Waals surface area contributed by atoms with Crippen molar-refractivity contribution in [2.24, 2.45) is 0 Å². The Bertz CT molecular complexity index is 549. The Morgan fingerprint density at radius 1 is 1.35 bits per heavy atom. The summed E-state index contributed by atoms with van der Waals surface area (Å²) in [6.07, 6.45) is -0.893. The normalized spacial score (nSPS) is 12.8. The molecule has 5 heteroatoms. The molecule has 0 saturated carbocycles. The largest absolute Gasteiger partial charge is 0.389 e. The zero-order valence-electron chi connectivity index (χ0n) is 9.98. The summed E-state index contributed by atoms with van der Waals surface area (Å²) in [7, 11) is 0. The molecule has 0 radical (unpaired) electrons. The van der Waals surface area contributed by atoms with Gasteiger partial charge in [-0.2, -0.15) is 5.10 Å². The zero-order valence-corrected chi connectivity index (χ0v) is 9.98.